The van der Waals surface area contributed by atoms with Crippen LogP contribution >= 0.6 is 0 Å². The molecular weight excluding hydrogens is 346 g/mol. The smallest absolute Gasteiger partial charge is 0.293 e. The number of nitrogens with one attached hydrogen (secondary N) is 1. The lowest BCUT2D eigenvalue weighted by atomic mass is 9.91. The van der Waals surface area contributed by atoms with Crippen molar-refractivity contribution in [2.75, 3.05) is 25.0 Å². The van der Waals surface area contributed by atoms with Crippen LogP contribution in [-0.4, -0.2) is 41.2 Å². The van der Waals surface area contributed by atoms with Gasteiger partial charge in [-0.2, -0.15) is 4.98 Å². The maximum absolute atomic E-state index is 11.7. The molecule has 3 atom stereocenters. The van der Waals surface area contributed by atoms with Gasteiger partial charge in [0, 0.05) is 37.2 Å². The Labute approximate surface area is 159 Å². The van der Waals surface area contributed by atoms with Crippen LogP contribution in [0.1, 0.15) is 33.0 Å². The van der Waals surface area contributed by atoms with Crippen molar-refractivity contribution in [2.24, 2.45) is 11.8 Å². The molecule has 1 aromatic carbocycles. The van der Waals surface area contributed by atoms with Crippen LogP contribution in [-0.2, 0) is 6.42 Å². The van der Waals surface area contributed by atoms with Gasteiger partial charge < -0.3 is 14.7 Å². The van der Waals surface area contributed by atoms with Gasteiger partial charge in [-0.25, -0.2) is 0 Å². The van der Waals surface area contributed by atoms with Crippen LogP contribution in [0, 0.1) is 22.0 Å². The number of hydrogen-bond acceptors (Lipinski definition) is 7. The molecule has 146 valence electrons. The highest BCUT2D eigenvalue weighted by atomic mass is 16.6. The largest absolute Gasteiger partial charge is 0.365 e. The molecule has 0 saturated carbocycles. The molecular formula is C19H27N5O3. The highest BCUT2D eigenvalue weighted by Gasteiger charge is 2.28. The zero-order valence-electron chi connectivity index (χ0n) is 16.3. The van der Waals surface area contributed by atoms with Crippen molar-refractivity contribution in [2.45, 2.75) is 39.7 Å². The molecule has 0 aliphatic carbocycles. The van der Waals surface area contributed by atoms with Crippen molar-refractivity contribution in [1.29, 1.82) is 0 Å². The molecule has 8 heteroatoms. The maximum Gasteiger partial charge on any atom is 0.293 e. The van der Waals surface area contributed by atoms with Crippen LogP contribution in [0.15, 0.2) is 22.7 Å². The summed E-state index contributed by atoms with van der Waals surface area (Å²) in [6.07, 6.45) is 1.78. The molecule has 3 unspecified atom stereocenters. The van der Waals surface area contributed by atoms with Crippen LogP contribution in [0.25, 0.3) is 11.5 Å². The van der Waals surface area contributed by atoms with Gasteiger partial charge in [0.25, 0.3) is 11.6 Å². The fourth-order valence-electron chi connectivity index (χ4n) is 3.76. The standard InChI is InChI=1S/C19H27N5O3/c1-12-7-13(2)11-23(10-12)16-6-5-15(9-17(16)24(25)26)19-21-18(22-27-19)8-14(3)20-4/h5-6,9,12-14,20H,7-8,10-11H2,1-4H3. The highest BCUT2D eigenvalue weighted by Crippen LogP contribution is 2.35. The molecule has 2 aromatic rings. The Bertz CT molecular complexity index is 796. The summed E-state index contributed by atoms with van der Waals surface area (Å²) in [7, 11) is 1.87. The summed E-state index contributed by atoms with van der Waals surface area (Å²) in [4.78, 5) is 17.9. The molecule has 0 amide bonds. The highest BCUT2D eigenvalue weighted by molar-refractivity contribution is 5.71. The zero-order valence-corrected chi connectivity index (χ0v) is 16.3. The normalized spacial score (nSPS) is 21.3. The Hall–Kier alpha value is -2.48. The van der Waals surface area contributed by atoms with Gasteiger partial charge in [0.1, 0.15) is 5.69 Å². The van der Waals surface area contributed by atoms with Crippen LogP contribution in [0.5, 0.6) is 0 Å². The molecule has 8 nitrogen and oxygen atoms in total. The number of likely N-dealkylation sites (N-methyl/N-ethyl adjacent to an activating group) is 1. The molecule has 1 aliphatic heterocycles. The zero-order chi connectivity index (χ0) is 19.6. The molecule has 3 rings (SSSR count). The molecule has 1 fully saturated rings. The maximum atomic E-state index is 11.7. The van der Waals surface area contributed by atoms with Crippen LogP contribution in [0.2, 0.25) is 0 Å². The van der Waals surface area contributed by atoms with Crippen molar-refractivity contribution < 1.29 is 9.45 Å². The summed E-state index contributed by atoms with van der Waals surface area (Å²) in [5.41, 5.74) is 1.31. The molecule has 2 heterocycles. The van der Waals surface area contributed by atoms with Gasteiger partial charge in [-0.3, -0.25) is 10.1 Å². The van der Waals surface area contributed by atoms with Gasteiger partial charge in [0.15, 0.2) is 5.82 Å². The molecule has 1 N–H and O–H groups in total. The number of aromatic nitrogens is 2. The number of rotatable bonds is 6. The number of benzene rings is 1. The summed E-state index contributed by atoms with van der Waals surface area (Å²) in [5, 5.41) is 18.8. The Morgan fingerprint density at radius 3 is 2.70 bits per heavy atom. The van der Waals surface area contributed by atoms with Crippen molar-refractivity contribution in [3.63, 3.8) is 0 Å². The Morgan fingerprint density at radius 2 is 2.07 bits per heavy atom. The summed E-state index contributed by atoms with van der Waals surface area (Å²) in [5.74, 6) is 1.92. The van der Waals surface area contributed by atoms with Gasteiger partial charge in [-0.1, -0.05) is 19.0 Å². The average Bonchev–Trinajstić information content (AvgIpc) is 3.08. The lowest BCUT2D eigenvalue weighted by Gasteiger charge is -2.36. The lowest BCUT2D eigenvalue weighted by Crippen LogP contribution is -2.39. The molecule has 0 spiro atoms. The number of nitrogens with zero attached hydrogens (tertiary/aromatic N) is 4. The predicted molar refractivity (Wildman–Crippen MR) is 104 cm³/mol. The Balaban J connectivity index is 1.89. The number of piperidine rings is 1. The number of nitro benzene ring substituents is 1. The summed E-state index contributed by atoms with van der Waals surface area (Å²) >= 11 is 0. The minimum absolute atomic E-state index is 0.0807. The number of anilines is 1. The SMILES string of the molecule is CNC(C)Cc1noc(-c2ccc(N3CC(C)CC(C)C3)c([N+](=O)[O-])c2)n1. The summed E-state index contributed by atoms with van der Waals surface area (Å²) in [6, 6.07) is 5.39. The van der Waals surface area contributed by atoms with Gasteiger partial charge in [-0.05, 0) is 44.4 Å². The van der Waals surface area contributed by atoms with Crippen LogP contribution in [0.3, 0.4) is 0 Å². The van der Waals surface area contributed by atoms with E-state index < -0.39 is 0 Å². The van der Waals surface area contributed by atoms with E-state index in [-0.39, 0.29) is 16.7 Å². The Morgan fingerprint density at radius 1 is 1.37 bits per heavy atom. The summed E-state index contributed by atoms with van der Waals surface area (Å²) < 4.78 is 5.33. The van der Waals surface area contributed by atoms with E-state index in [4.69, 9.17) is 4.52 Å². The first-order chi connectivity index (χ1) is 12.9. The lowest BCUT2D eigenvalue weighted by molar-refractivity contribution is -0.384. The second-order valence-corrected chi connectivity index (χ2v) is 7.72. The van der Waals surface area contributed by atoms with E-state index in [1.165, 1.54) is 6.07 Å². The predicted octanol–water partition coefficient (Wildman–Crippen LogP) is 3.28. The van der Waals surface area contributed by atoms with Gasteiger partial charge in [0.2, 0.25) is 0 Å². The van der Waals surface area contributed by atoms with E-state index in [0.717, 1.165) is 19.5 Å². The van der Waals surface area contributed by atoms with Crippen LogP contribution < -0.4 is 10.2 Å². The first-order valence-corrected chi connectivity index (χ1v) is 9.41. The first-order valence-electron chi connectivity index (χ1n) is 9.41. The second kappa shape index (κ2) is 8.04. The fraction of sp³-hybridized carbons (Fsp3) is 0.579. The fourth-order valence-corrected chi connectivity index (χ4v) is 3.76. The van der Waals surface area contributed by atoms with E-state index >= 15 is 0 Å². The Kier molecular flexibility index (Phi) is 5.74. The average molecular weight is 373 g/mol. The van der Waals surface area contributed by atoms with Crippen molar-refractivity contribution in [1.82, 2.24) is 15.5 Å². The minimum atomic E-state index is -0.330. The van der Waals surface area contributed by atoms with Crippen molar-refractivity contribution >= 4 is 11.4 Å². The van der Waals surface area contributed by atoms with Crippen molar-refractivity contribution in [3.05, 3.63) is 34.1 Å². The van der Waals surface area contributed by atoms with E-state index in [0.29, 0.717) is 41.2 Å². The molecule has 0 radical (unpaired) electrons. The quantitative estimate of drug-likeness (QED) is 0.613. The third-order valence-electron chi connectivity index (χ3n) is 5.08. The van der Waals surface area contributed by atoms with Gasteiger partial charge in [-0.15, -0.1) is 0 Å². The van der Waals surface area contributed by atoms with Crippen molar-refractivity contribution in [3.8, 4) is 11.5 Å². The number of hydrogen-bond donors (Lipinski definition) is 1. The summed E-state index contributed by atoms with van der Waals surface area (Å²) in [6.45, 7) is 8.06. The monoisotopic (exact) mass is 373 g/mol. The topological polar surface area (TPSA) is 97.3 Å². The van der Waals surface area contributed by atoms with E-state index in [1.54, 1.807) is 6.07 Å². The third kappa shape index (κ3) is 4.44. The van der Waals surface area contributed by atoms with Crippen LogP contribution in [0.4, 0.5) is 11.4 Å². The molecule has 1 aliphatic rings. The van der Waals surface area contributed by atoms with Gasteiger partial charge in [0.05, 0.1) is 4.92 Å². The first kappa shape index (κ1) is 19.3. The van der Waals surface area contributed by atoms with E-state index in [9.17, 15) is 10.1 Å². The molecule has 27 heavy (non-hydrogen) atoms. The van der Waals surface area contributed by atoms with E-state index in [1.807, 2.05) is 20.0 Å². The molecule has 1 aromatic heterocycles. The van der Waals surface area contributed by atoms with E-state index in [2.05, 4.69) is 34.2 Å². The molecule has 1 saturated heterocycles. The number of nitro groups is 1. The minimum Gasteiger partial charge on any atom is -0.365 e. The molecule has 0 bridgehead atoms. The third-order valence-corrected chi connectivity index (χ3v) is 5.08. The second-order valence-electron chi connectivity index (χ2n) is 7.72. The van der Waals surface area contributed by atoms with Gasteiger partial charge >= 0.3 is 0 Å².